The number of hydrogen-bond donors (Lipinski definition) is 2. The molecule has 2 N–H and O–H groups in total. The van der Waals surface area contributed by atoms with Crippen molar-refractivity contribution in [2.75, 3.05) is 45.2 Å². The van der Waals surface area contributed by atoms with E-state index in [0.29, 0.717) is 54.4 Å². The second-order valence-electron chi connectivity index (χ2n) is 15.0. The van der Waals surface area contributed by atoms with Gasteiger partial charge in [0.1, 0.15) is 11.8 Å². The molecule has 3 saturated heterocycles. The van der Waals surface area contributed by atoms with E-state index in [0.717, 1.165) is 54.1 Å². The molecule has 15 heteroatoms. The van der Waals surface area contributed by atoms with E-state index in [-0.39, 0.29) is 48.0 Å². The molecule has 1 unspecified atom stereocenters. The fourth-order valence-electron chi connectivity index (χ4n) is 8.34. The molecule has 0 aliphatic carbocycles. The number of nitrogens with one attached hydrogen (secondary N) is 2. The van der Waals surface area contributed by atoms with Crippen LogP contribution in [0.4, 0.5) is 18.9 Å². The van der Waals surface area contributed by atoms with Crippen molar-refractivity contribution in [1.29, 1.82) is 0 Å². The van der Waals surface area contributed by atoms with Crippen LogP contribution in [0.25, 0.3) is 21.9 Å². The van der Waals surface area contributed by atoms with E-state index in [9.17, 15) is 32.3 Å². The number of imide groups is 1. The smallest absolute Gasteiger partial charge is 0.416 e. The van der Waals surface area contributed by atoms with Crippen LogP contribution in [0.3, 0.4) is 0 Å². The van der Waals surface area contributed by atoms with E-state index in [1.165, 1.54) is 10.6 Å². The van der Waals surface area contributed by atoms with Crippen LogP contribution in [0.15, 0.2) is 59.8 Å². The lowest BCUT2D eigenvalue weighted by Crippen LogP contribution is -2.47. The summed E-state index contributed by atoms with van der Waals surface area (Å²) in [5.41, 5.74) is 2.06. The first kappa shape index (κ1) is 39.3. The molecule has 3 aliphatic rings. The van der Waals surface area contributed by atoms with E-state index < -0.39 is 29.6 Å². The SMILES string of the molecule is COc1cc(-c2cn(C)c(=O)c3cnccc23)cc(Cl)c1CC1CCN(CC(=O)N2CCC(c3ccc(NC4CCC(=O)NC4=O)cc3C(F)(F)F)CC2)CC1. The number of carbonyl (C=O) groups excluding carboxylic acids is 3. The van der Waals surface area contributed by atoms with E-state index in [1.54, 1.807) is 43.7 Å². The molecule has 0 spiro atoms. The van der Waals surface area contributed by atoms with E-state index >= 15 is 0 Å². The maximum atomic E-state index is 14.3. The zero-order valence-corrected chi connectivity index (χ0v) is 32.0. The molecule has 2 aromatic heterocycles. The molecule has 2 aromatic carbocycles. The number of fused-ring (bicyclic) bond motifs is 1. The van der Waals surface area contributed by atoms with Gasteiger partial charge in [0.15, 0.2) is 0 Å². The van der Waals surface area contributed by atoms with Crippen LogP contribution in [-0.4, -0.2) is 82.9 Å². The van der Waals surface area contributed by atoms with Gasteiger partial charge in [0.25, 0.3) is 5.56 Å². The van der Waals surface area contributed by atoms with Gasteiger partial charge in [-0.15, -0.1) is 0 Å². The molecule has 296 valence electrons. The molecule has 3 aliphatic heterocycles. The molecule has 0 saturated carbocycles. The summed E-state index contributed by atoms with van der Waals surface area (Å²) in [6.07, 6.45) is 4.00. The van der Waals surface area contributed by atoms with Gasteiger partial charge in [0, 0.05) is 67.0 Å². The third kappa shape index (κ3) is 8.41. The number of aryl methyl sites for hydroxylation is 1. The molecule has 7 rings (SSSR count). The number of anilines is 1. The van der Waals surface area contributed by atoms with Gasteiger partial charge in [-0.05, 0) is 110 Å². The molecule has 3 fully saturated rings. The van der Waals surface area contributed by atoms with Gasteiger partial charge in [-0.25, -0.2) is 0 Å². The normalized spacial score (nSPS) is 19.0. The minimum Gasteiger partial charge on any atom is -0.496 e. The van der Waals surface area contributed by atoms with Crippen molar-refractivity contribution in [3.8, 4) is 16.9 Å². The Bertz CT molecular complexity index is 2210. The first-order chi connectivity index (χ1) is 26.8. The molecule has 5 heterocycles. The lowest BCUT2D eigenvalue weighted by atomic mass is 9.86. The lowest BCUT2D eigenvalue weighted by molar-refractivity contribution is -0.139. The number of aromatic nitrogens is 2. The predicted octanol–water partition coefficient (Wildman–Crippen LogP) is 6.16. The summed E-state index contributed by atoms with van der Waals surface area (Å²) >= 11 is 6.92. The summed E-state index contributed by atoms with van der Waals surface area (Å²) in [5.74, 6) is -0.348. The molecule has 0 bridgehead atoms. The number of nitrogens with zero attached hydrogens (tertiary/aromatic N) is 4. The van der Waals surface area contributed by atoms with Crippen molar-refractivity contribution in [1.82, 2.24) is 24.7 Å². The quantitative estimate of drug-likeness (QED) is 0.193. The third-order valence-electron chi connectivity index (χ3n) is 11.5. The minimum absolute atomic E-state index is 0.0243. The zero-order chi connectivity index (χ0) is 39.7. The summed E-state index contributed by atoms with van der Waals surface area (Å²) in [4.78, 5) is 57.7. The number of amides is 3. The average molecular weight is 793 g/mol. The standard InChI is InChI=1S/C41H44ClF3N6O5/c1-49-22-32(29-7-12-46-21-31(29)40(49)55)26-18-34(42)30(36(19-26)56-2)17-24-8-13-50(14-9-24)23-38(53)51-15-10-25(11-16-51)28-4-3-27(20-33(28)41(43,44)45)47-35-5-6-37(52)48-39(35)54/h3-4,7,12,18-22,24-25,35,47H,5-6,8-11,13-17,23H2,1-2H3,(H,48,52,54). The lowest BCUT2D eigenvalue weighted by Gasteiger charge is -2.36. The molecule has 1 atom stereocenters. The van der Waals surface area contributed by atoms with Crippen LogP contribution in [0.5, 0.6) is 5.75 Å². The largest absolute Gasteiger partial charge is 0.496 e. The van der Waals surface area contributed by atoms with Gasteiger partial charge < -0.3 is 19.5 Å². The number of rotatable bonds is 9. The second-order valence-corrected chi connectivity index (χ2v) is 15.5. The Morgan fingerprint density at radius 3 is 2.45 bits per heavy atom. The molecular formula is C41H44ClF3N6O5. The first-order valence-corrected chi connectivity index (χ1v) is 19.3. The minimum atomic E-state index is -4.60. The van der Waals surface area contributed by atoms with Crippen molar-refractivity contribution in [3.05, 3.63) is 87.1 Å². The van der Waals surface area contributed by atoms with Crippen molar-refractivity contribution >= 4 is 45.8 Å². The van der Waals surface area contributed by atoms with Crippen molar-refractivity contribution < 1.29 is 32.3 Å². The Hall–Kier alpha value is -4.95. The number of halogens is 4. The number of methoxy groups -OCH3 is 1. The van der Waals surface area contributed by atoms with Gasteiger partial charge in [-0.1, -0.05) is 17.7 Å². The van der Waals surface area contributed by atoms with Gasteiger partial charge in [0.2, 0.25) is 17.7 Å². The monoisotopic (exact) mass is 792 g/mol. The number of carbonyl (C=O) groups is 3. The third-order valence-corrected chi connectivity index (χ3v) is 11.8. The number of alkyl halides is 3. The Kier molecular flexibility index (Phi) is 11.4. The second kappa shape index (κ2) is 16.3. The van der Waals surface area contributed by atoms with Gasteiger partial charge in [-0.2, -0.15) is 13.2 Å². The maximum Gasteiger partial charge on any atom is 0.416 e. The van der Waals surface area contributed by atoms with Gasteiger partial charge in [-0.3, -0.25) is 34.4 Å². The number of pyridine rings is 2. The van der Waals surface area contributed by atoms with Crippen molar-refractivity contribution in [2.24, 2.45) is 13.0 Å². The van der Waals surface area contributed by atoms with Crippen molar-refractivity contribution in [2.45, 2.75) is 63.1 Å². The number of benzene rings is 2. The molecule has 56 heavy (non-hydrogen) atoms. The summed E-state index contributed by atoms with van der Waals surface area (Å²) in [7, 11) is 3.33. The Balaban J connectivity index is 0.929. The van der Waals surface area contributed by atoms with Gasteiger partial charge >= 0.3 is 6.18 Å². The topological polar surface area (TPSA) is 126 Å². The Morgan fingerprint density at radius 1 is 1.00 bits per heavy atom. The molecule has 4 aromatic rings. The average Bonchev–Trinajstić information content (AvgIpc) is 3.18. The van der Waals surface area contributed by atoms with Crippen LogP contribution in [-0.2, 0) is 34.0 Å². The van der Waals surface area contributed by atoms with Crippen LogP contribution in [0.2, 0.25) is 5.02 Å². The van der Waals surface area contributed by atoms with Crippen LogP contribution >= 0.6 is 11.6 Å². The highest BCUT2D eigenvalue weighted by Crippen LogP contribution is 2.41. The summed E-state index contributed by atoms with van der Waals surface area (Å²) in [6.45, 7) is 2.46. The summed E-state index contributed by atoms with van der Waals surface area (Å²) in [6, 6.07) is 8.95. The highest BCUT2D eigenvalue weighted by Gasteiger charge is 2.37. The van der Waals surface area contributed by atoms with Crippen LogP contribution in [0.1, 0.15) is 61.1 Å². The molecule has 3 amide bonds. The fraction of sp³-hybridized carbons (Fsp3) is 0.439. The highest BCUT2D eigenvalue weighted by atomic mass is 35.5. The highest BCUT2D eigenvalue weighted by molar-refractivity contribution is 6.32. The van der Waals surface area contributed by atoms with Crippen LogP contribution in [0, 0.1) is 5.92 Å². The summed E-state index contributed by atoms with van der Waals surface area (Å²) < 4.78 is 50.2. The number of ether oxygens (including phenoxy) is 1. The number of likely N-dealkylation sites (tertiary alicyclic amines) is 2. The van der Waals surface area contributed by atoms with Crippen LogP contribution < -0.4 is 20.9 Å². The number of piperidine rings is 3. The molecular weight excluding hydrogens is 749 g/mol. The van der Waals surface area contributed by atoms with Gasteiger partial charge in [0.05, 0.1) is 24.6 Å². The number of hydrogen-bond acceptors (Lipinski definition) is 8. The maximum absolute atomic E-state index is 14.3. The van der Waals surface area contributed by atoms with E-state index in [2.05, 4.69) is 20.5 Å². The first-order valence-electron chi connectivity index (χ1n) is 18.9. The van der Waals surface area contributed by atoms with Crippen molar-refractivity contribution in [3.63, 3.8) is 0 Å². The molecule has 11 nitrogen and oxygen atoms in total. The Morgan fingerprint density at radius 2 is 1.75 bits per heavy atom. The van der Waals surface area contributed by atoms with E-state index in [1.807, 2.05) is 18.2 Å². The Labute approximate surface area is 327 Å². The zero-order valence-electron chi connectivity index (χ0n) is 31.3. The molecule has 0 radical (unpaired) electrons. The fourth-order valence-corrected chi connectivity index (χ4v) is 8.63. The van der Waals surface area contributed by atoms with E-state index in [4.69, 9.17) is 16.3 Å². The summed E-state index contributed by atoms with van der Waals surface area (Å²) in [5, 5.41) is 6.94. The predicted molar refractivity (Wildman–Crippen MR) is 207 cm³/mol.